The van der Waals surface area contributed by atoms with Crippen molar-refractivity contribution < 1.29 is 4.79 Å². The lowest BCUT2D eigenvalue weighted by Crippen LogP contribution is -2.52. The second-order valence-electron chi connectivity index (χ2n) is 5.38. The van der Waals surface area contributed by atoms with E-state index >= 15 is 0 Å². The molecular weight excluding hydrogens is 244 g/mol. The number of rotatable bonds is 4. The maximum Gasteiger partial charge on any atom is 0.240 e. The first-order chi connectivity index (χ1) is 8.54. The van der Waals surface area contributed by atoms with E-state index in [1.54, 1.807) is 11.3 Å². The van der Waals surface area contributed by atoms with Crippen molar-refractivity contribution in [1.29, 1.82) is 0 Å². The van der Waals surface area contributed by atoms with Gasteiger partial charge in [-0.15, -0.1) is 11.3 Å². The number of carbonyl (C=O) groups excluding carboxylic acids is 1. The molecule has 100 valence electrons. The summed E-state index contributed by atoms with van der Waals surface area (Å²) in [6.45, 7) is 3.87. The summed E-state index contributed by atoms with van der Waals surface area (Å²) in [5.74, 6) is -0.0200. The molecule has 3 N–H and O–H groups in total. The summed E-state index contributed by atoms with van der Waals surface area (Å²) in [7, 11) is 0. The molecule has 2 atom stereocenters. The van der Waals surface area contributed by atoms with Gasteiger partial charge in [0, 0.05) is 4.88 Å². The summed E-state index contributed by atoms with van der Waals surface area (Å²) >= 11 is 1.79. The molecule has 1 aliphatic rings. The van der Waals surface area contributed by atoms with Gasteiger partial charge in [-0.25, -0.2) is 0 Å². The lowest BCUT2D eigenvalue weighted by Gasteiger charge is -2.29. The Morgan fingerprint density at radius 2 is 2.44 bits per heavy atom. The van der Waals surface area contributed by atoms with E-state index in [0.717, 1.165) is 32.1 Å². The molecule has 0 saturated carbocycles. The van der Waals surface area contributed by atoms with Crippen LogP contribution in [0.25, 0.3) is 0 Å². The van der Waals surface area contributed by atoms with Gasteiger partial charge in [0.1, 0.15) is 0 Å². The molecule has 0 aromatic carbocycles. The van der Waals surface area contributed by atoms with E-state index in [1.807, 2.05) is 6.92 Å². The van der Waals surface area contributed by atoms with Crippen molar-refractivity contribution >= 4 is 17.2 Å². The molecule has 1 aliphatic carbocycles. The van der Waals surface area contributed by atoms with E-state index < -0.39 is 5.54 Å². The second-order valence-corrected chi connectivity index (χ2v) is 6.39. The monoisotopic (exact) mass is 266 g/mol. The molecule has 0 bridgehead atoms. The zero-order valence-electron chi connectivity index (χ0n) is 11.2. The summed E-state index contributed by atoms with van der Waals surface area (Å²) in [5.41, 5.74) is 6.62. The number of fused-ring (bicyclic) bond motifs is 1. The highest BCUT2D eigenvalue weighted by atomic mass is 32.1. The second kappa shape index (κ2) is 5.41. The van der Waals surface area contributed by atoms with Gasteiger partial charge in [-0.1, -0.05) is 13.3 Å². The quantitative estimate of drug-likeness (QED) is 0.880. The zero-order valence-corrected chi connectivity index (χ0v) is 12.0. The van der Waals surface area contributed by atoms with Crippen LogP contribution in [0.5, 0.6) is 0 Å². The zero-order chi connectivity index (χ0) is 13.2. The summed E-state index contributed by atoms with van der Waals surface area (Å²) in [5, 5.41) is 5.24. The first-order valence-electron chi connectivity index (χ1n) is 6.70. The fourth-order valence-corrected chi connectivity index (χ4v) is 3.58. The Morgan fingerprint density at radius 3 is 3.17 bits per heavy atom. The minimum atomic E-state index is -0.748. The minimum Gasteiger partial charge on any atom is -0.348 e. The molecule has 1 heterocycles. The molecular formula is C14H22N2OS. The van der Waals surface area contributed by atoms with Crippen LogP contribution < -0.4 is 11.1 Å². The summed E-state index contributed by atoms with van der Waals surface area (Å²) < 4.78 is 0. The fourth-order valence-electron chi connectivity index (χ4n) is 2.59. The summed E-state index contributed by atoms with van der Waals surface area (Å²) in [4.78, 5) is 13.6. The van der Waals surface area contributed by atoms with Crippen LogP contribution in [-0.2, 0) is 11.2 Å². The van der Waals surface area contributed by atoms with Crippen molar-refractivity contribution in [2.75, 3.05) is 0 Å². The Morgan fingerprint density at radius 1 is 1.67 bits per heavy atom. The Kier molecular flexibility index (Phi) is 4.07. The predicted octanol–water partition coefficient (Wildman–Crippen LogP) is 2.76. The highest BCUT2D eigenvalue weighted by Crippen LogP contribution is 2.33. The van der Waals surface area contributed by atoms with Gasteiger partial charge in [0.15, 0.2) is 0 Å². The highest BCUT2D eigenvalue weighted by Gasteiger charge is 2.31. The third kappa shape index (κ3) is 2.75. The van der Waals surface area contributed by atoms with Crippen molar-refractivity contribution in [2.24, 2.45) is 5.73 Å². The van der Waals surface area contributed by atoms with Gasteiger partial charge in [0.2, 0.25) is 5.91 Å². The molecule has 0 aliphatic heterocycles. The number of nitrogens with two attached hydrogens (primary N) is 1. The van der Waals surface area contributed by atoms with Gasteiger partial charge >= 0.3 is 0 Å². The molecule has 0 saturated heterocycles. The maximum atomic E-state index is 12.2. The lowest BCUT2D eigenvalue weighted by molar-refractivity contribution is -0.126. The Bertz CT molecular complexity index is 425. The number of amides is 1. The van der Waals surface area contributed by atoms with E-state index in [2.05, 4.69) is 23.7 Å². The van der Waals surface area contributed by atoms with Gasteiger partial charge < -0.3 is 11.1 Å². The molecule has 2 rings (SSSR count). The van der Waals surface area contributed by atoms with Gasteiger partial charge in [-0.3, -0.25) is 4.79 Å². The number of nitrogens with one attached hydrogen (secondary N) is 1. The van der Waals surface area contributed by atoms with Crippen LogP contribution in [-0.4, -0.2) is 11.4 Å². The fraction of sp³-hybridized carbons (Fsp3) is 0.643. The van der Waals surface area contributed by atoms with Crippen molar-refractivity contribution in [1.82, 2.24) is 5.32 Å². The standard InChI is InChI=1S/C14H22N2OS/c1-3-8-14(2,15)13(17)16-11-5-4-6-12-10(11)7-9-18-12/h7,9,11H,3-6,8,15H2,1-2H3,(H,16,17). The average Bonchev–Trinajstić information content (AvgIpc) is 2.78. The van der Waals surface area contributed by atoms with Crippen LogP contribution in [0.1, 0.15) is 56.0 Å². The minimum absolute atomic E-state index is 0.0200. The number of hydrogen-bond donors (Lipinski definition) is 2. The molecule has 4 heteroatoms. The molecule has 1 aromatic rings. The predicted molar refractivity (Wildman–Crippen MR) is 75.6 cm³/mol. The van der Waals surface area contributed by atoms with Crippen LogP contribution in [0.15, 0.2) is 11.4 Å². The van der Waals surface area contributed by atoms with Crippen molar-refractivity contribution in [3.05, 3.63) is 21.9 Å². The Labute approximate surface area is 113 Å². The van der Waals surface area contributed by atoms with Crippen LogP contribution >= 0.6 is 11.3 Å². The topological polar surface area (TPSA) is 55.1 Å². The first-order valence-corrected chi connectivity index (χ1v) is 7.58. The van der Waals surface area contributed by atoms with Crippen molar-refractivity contribution in [2.45, 2.75) is 57.5 Å². The summed E-state index contributed by atoms with van der Waals surface area (Å²) in [6.07, 6.45) is 4.97. The van der Waals surface area contributed by atoms with Gasteiger partial charge in [-0.2, -0.15) is 0 Å². The SMILES string of the molecule is CCCC(C)(N)C(=O)NC1CCCc2sccc21. The van der Waals surface area contributed by atoms with Crippen LogP contribution in [0, 0.1) is 0 Å². The third-order valence-corrected chi connectivity index (χ3v) is 4.64. The van der Waals surface area contributed by atoms with E-state index in [0.29, 0.717) is 0 Å². The number of hydrogen-bond acceptors (Lipinski definition) is 3. The highest BCUT2D eigenvalue weighted by molar-refractivity contribution is 7.10. The van der Waals surface area contributed by atoms with E-state index in [-0.39, 0.29) is 11.9 Å². The molecule has 1 aromatic heterocycles. The smallest absolute Gasteiger partial charge is 0.240 e. The van der Waals surface area contributed by atoms with E-state index in [4.69, 9.17) is 5.73 Å². The molecule has 2 unspecified atom stereocenters. The third-order valence-electron chi connectivity index (χ3n) is 3.65. The van der Waals surface area contributed by atoms with Crippen LogP contribution in [0.2, 0.25) is 0 Å². The molecule has 3 nitrogen and oxygen atoms in total. The van der Waals surface area contributed by atoms with Crippen LogP contribution in [0.3, 0.4) is 0 Å². The average molecular weight is 266 g/mol. The van der Waals surface area contributed by atoms with Crippen molar-refractivity contribution in [3.63, 3.8) is 0 Å². The molecule has 0 radical (unpaired) electrons. The maximum absolute atomic E-state index is 12.2. The van der Waals surface area contributed by atoms with E-state index in [9.17, 15) is 4.79 Å². The first kappa shape index (κ1) is 13.6. The molecule has 18 heavy (non-hydrogen) atoms. The van der Waals surface area contributed by atoms with E-state index in [1.165, 1.54) is 10.4 Å². The van der Waals surface area contributed by atoms with Gasteiger partial charge in [0.05, 0.1) is 11.6 Å². The summed E-state index contributed by atoms with van der Waals surface area (Å²) in [6, 6.07) is 2.30. The van der Waals surface area contributed by atoms with Gasteiger partial charge in [-0.05, 0) is 49.6 Å². The largest absolute Gasteiger partial charge is 0.348 e. The van der Waals surface area contributed by atoms with Gasteiger partial charge in [0.25, 0.3) is 0 Å². The Balaban J connectivity index is 2.06. The Hall–Kier alpha value is -0.870. The van der Waals surface area contributed by atoms with Crippen molar-refractivity contribution in [3.8, 4) is 0 Å². The molecule has 0 spiro atoms. The van der Waals surface area contributed by atoms with Crippen LogP contribution in [0.4, 0.5) is 0 Å². The lowest BCUT2D eigenvalue weighted by atomic mass is 9.91. The molecule has 1 amide bonds. The number of thiophene rings is 1. The normalized spacial score (nSPS) is 22.1. The number of carbonyl (C=O) groups is 1. The molecule has 0 fully saturated rings. The number of aryl methyl sites for hydroxylation is 1.